The molecule has 0 bridgehead atoms. The summed E-state index contributed by atoms with van der Waals surface area (Å²) in [6.07, 6.45) is 6.89. The van der Waals surface area contributed by atoms with Crippen molar-refractivity contribution in [3.05, 3.63) is 59.7 Å². The molecule has 4 rings (SSSR count). The molecule has 2 aromatic carbocycles. The van der Waals surface area contributed by atoms with Crippen molar-refractivity contribution < 1.29 is 9.53 Å². The van der Waals surface area contributed by atoms with Crippen LogP contribution in [0.3, 0.4) is 0 Å². The fourth-order valence-corrected chi connectivity index (χ4v) is 5.95. The molecule has 2 aromatic rings. The van der Waals surface area contributed by atoms with E-state index in [1.165, 1.54) is 24.8 Å². The second kappa shape index (κ2) is 12.1. The number of aryl methyl sites for hydroxylation is 1. The Balaban J connectivity index is 1.46. The summed E-state index contributed by atoms with van der Waals surface area (Å²) in [5, 5.41) is 0. The summed E-state index contributed by atoms with van der Waals surface area (Å²) >= 11 is 0. The van der Waals surface area contributed by atoms with Crippen molar-refractivity contribution >= 4 is 11.6 Å². The summed E-state index contributed by atoms with van der Waals surface area (Å²) in [4.78, 5) is 20.1. The minimum Gasteiger partial charge on any atom is -0.492 e. The number of rotatable bonds is 4. The van der Waals surface area contributed by atoms with Gasteiger partial charge in [0.2, 0.25) is 0 Å². The van der Waals surface area contributed by atoms with Crippen molar-refractivity contribution in [2.45, 2.75) is 52.4 Å². The molecular formula is C31H45N3O2. The molecule has 5 heteroatoms. The van der Waals surface area contributed by atoms with Crippen LogP contribution in [0, 0.1) is 11.3 Å². The third kappa shape index (κ3) is 6.82. The number of hydrogen-bond donors (Lipinski definition) is 0. The van der Waals surface area contributed by atoms with E-state index in [1.807, 2.05) is 32.3 Å². The van der Waals surface area contributed by atoms with Gasteiger partial charge in [-0.3, -0.25) is 9.69 Å². The van der Waals surface area contributed by atoms with Crippen molar-refractivity contribution in [3.8, 4) is 5.75 Å². The Labute approximate surface area is 218 Å². The lowest BCUT2D eigenvalue weighted by molar-refractivity contribution is 0.0355. The second-order valence-corrected chi connectivity index (χ2v) is 11.5. The van der Waals surface area contributed by atoms with Gasteiger partial charge in [-0.05, 0) is 73.3 Å². The van der Waals surface area contributed by atoms with Crippen LogP contribution in [0.2, 0.25) is 0 Å². The molecule has 5 nitrogen and oxygen atoms in total. The molecule has 1 saturated heterocycles. The third-order valence-corrected chi connectivity index (χ3v) is 7.94. The summed E-state index contributed by atoms with van der Waals surface area (Å²) < 4.78 is 6.27. The lowest BCUT2D eigenvalue weighted by Gasteiger charge is -2.45. The summed E-state index contributed by atoms with van der Waals surface area (Å²) in [7, 11) is 4.04. The van der Waals surface area contributed by atoms with E-state index in [9.17, 15) is 4.79 Å². The van der Waals surface area contributed by atoms with Gasteiger partial charge in [0.1, 0.15) is 12.4 Å². The molecule has 1 spiro atoms. The maximum Gasteiger partial charge on any atom is 0.253 e. The number of ether oxygens (including phenoxy) is 1. The summed E-state index contributed by atoms with van der Waals surface area (Å²) in [6.45, 7) is 10.2. The number of anilines is 1. The van der Waals surface area contributed by atoms with Crippen LogP contribution < -0.4 is 9.64 Å². The van der Waals surface area contributed by atoms with Crippen molar-refractivity contribution in [3.63, 3.8) is 0 Å². The van der Waals surface area contributed by atoms with E-state index in [1.54, 1.807) is 0 Å². The SMILES string of the molecule is CC(C)CN1CCOc2ccccc2CCCCC2(CCN(C(=O)c3cccc(N(C)C)c3)CC2)C1. The Kier molecular flexibility index (Phi) is 8.95. The smallest absolute Gasteiger partial charge is 0.253 e. The predicted molar refractivity (Wildman–Crippen MR) is 149 cm³/mol. The molecular weight excluding hydrogens is 446 g/mol. The average Bonchev–Trinajstić information content (AvgIpc) is 2.86. The highest BCUT2D eigenvalue weighted by atomic mass is 16.5. The van der Waals surface area contributed by atoms with Crippen LogP contribution in [-0.2, 0) is 6.42 Å². The van der Waals surface area contributed by atoms with Gasteiger partial charge in [-0.25, -0.2) is 0 Å². The summed E-state index contributed by atoms with van der Waals surface area (Å²) in [6, 6.07) is 16.6. The Bertz CT molecular complexity index is 995. The highest BCUT2D eigenvalue weighted by Crippen LogP contribution is 2.39. The predicted octanol–water partition coefficient (Wildman–Crippen LogP) is 5.74. The maximum atomic E-state index is 13.4. The third-order valence-electron chi connectivity index (χ3n) is 7.94. The lowest BCUT2D eigenvalue weighted by Crippen LogP contribution is -2.49. The van der Waals surface area contributed by atoms with Crippen LogP contribution in [0.15, 0.2) is 48.5 Å². The fraction of sp³-hybridized carbons (Fsp3) is 0.581. The molecule has 0 aliphatic carbocycles. The number of fused-ring (bicyclic) bond motifs is 1. The molecule has 0 N–H and O–H groups in total. The zero-order valence-corrected chi connectivity index (χ0v) is 22.8. The van der Waals surface area contributed by atoms with E-state index < -0.39 is 0 Å². The normalized spacial score (nSPS) is 19.2. The van der Waals surface area contributed by atoms with E-state index in [2.05, 4.69) is 58.9 Å². The standard InChI is InChI=1S/C31H45N3O2/c1-25(2)23-33-20-21-36-29-14-6-5-10-26(29)11-7-8-15-31(24-33)16-18-34(19-17-31)30(35)27-12-9-13-28(22-27)32(3)4/h5-6,9-10,12-14,22,25H,7-8,11,15-21,23-24H2,1-4H3. The number of carbonyl (C=O) groups excluding carboxylic acids is 1. The van der Waals surface area contributed by atoms with Crippen molar-refractivity contribution in [1.29, 1.82) is 0 Å². The Hall–Kier alpha value is -2.53. The lowest BCUT2D eigenvalue weighted by atomic mass is 9.73. The number of piperidine rings is 1. The molecule has 0 radical (unpaired) electrons. The minimum atomic E-state index is 0.172. The van der Waals surface area contributed by atoms with Gasteiger partial charge in [-0.15, -0.1) is 0 Å². The summed E-state index contributed by atoms with van der Waals surface area (Å²) in [5.41, 5.74) is 3.48. The number of nitrogens with zero attached hydrogens (tertiary/aromatic N) is 3. The highest BCUT2D eigenvalue weighted by Gasteiger charge is 2.37. The first-order chi connectivity index (χ1) is 17.3. The highest BCUT2D eigenvalue weighted by molar-refractivity contribution is 5.95. The Morgan fingerprint density at radius 2 is 1.78 bits per heavy atom. The zero-order valence-electron chi connectivity index (χ0n) is 22.8. The van der Waals surface area contributed by atoms with Gasteiger partial charge >= 0.3 is 0 Å². The van der Waals surface area contributed by atoms with Gasteiger partial charge in [-0.1, -0.05) is 44.5 Å². The molecule has 0 saturated carbocycles. The molecule has 1 fully saturated rings. The quantitative estimate of drug-likeness (QED) is 0.547. The first-order valence-electron chi connectivity index (χ1n) is 13.8. The van der Waals surface area contributed by atoms with E-state index in [-0.39, 0.29) is 11.3 Å². The van der Waals surface area contributed by atoms with Crippen LogP contribution >= 0.6 is 0 Å². The number of carbonyl (C=O) groups is 1. The first-order valence-corrected chi connectivity index (χ1v) is 13.8. The molecule has 0 unspecified atom stereocenters. The minimum absolute atomic E-state index is 0.172. The van der Waals surface area contributed by atoms with Crippen LogP contribution in [0.4, 0.5) is 5.69 Å². The molecule has 2 aliphatic rings. The largest absolute Gasteiger partial charge is 0.492 e. The van der Waals surface area contributed by atoms with E-state index in [0.29, 0.717) is 5.92 Å². The molecule has 2 heterocycles. The molecule has 1 amide bonds. The van der Waals surface area contributed by atoms with Gasteiger partial charge in [0.05, 0.1) is 0 Å². The van der Waals surface area contributed by atoms with Crippen molar-refractivity contribution in [1.82, 2.24) is 9.80 Å². The number of hydrogen-bond acceptors (Lipinski definition) is 4. The van der Waals surface area contributed by atoms with Gasteiger partial charge in [0.15, 0.2) is 0 Å². The Morgan fingerprint density at radius 3 is 2.53 bits per heavy atom. The van der Waals surface area contributed by atoms with Crippen LogP contribution in [0.25, 0.3) is 0 Å². The molecule has 36 heavy (non-hydrogen) atoms. The molecule has 196 valence electrons. The topological polar surface area (TPSA) is 36.0 Å². The number of likely N-dealkylation sites (tertiary alicyclic amines) is 1. The number of para-hydroxylation sites is 1. The molecule has 0 atom stereocenters. The van der Waals surface area contributed by atoms with E-state index in [0.717, 1.165) is 75.6 Å². The second-order valence-electron chi connectivity index (χ2n) is 11.5. The fourth-order valence-electron chi connectivity index (χ4n) is 5.95. The summed E-state index contributed by atoms with van der Waals surface area (Å²) in [5.74, 6) is 1.85. The van der Waals surface area contributed by atoms with Crippen LogP contribution in [0.5, 0.6) is 5.75 Å². The van der Waals surface area contributed by atoms with Gasteiger partial charge < -0.3 is 14.5 Å². The Morgan fingerprint density at radius 1 is 1.00 bits per heavy atom. The van der Waals surface area contributed by atoms with Crippen molar-refractivity contribution in [2.75, 3.05) is 58.3 Å². The zero-order chi connectivity index (χ0) is 25.5. The van der Waals surface area contributed by atoms with Crippen molar-refractivity contribution in [2.24, 2.45) is 11.3 Å². The first kappa shape index (κ1) is 26.5. The van der Waals surface area contributed by atoms with Gasteiger partial charge in [0.25, 0.3) is 5.91 Å². The number of benzene rings is 2. The number of amides is 1. The monoisotopic (exact) mass is 491 g/mol. The average molecular weight is 492 g/mol. The van der Waals surface area contributed by atoms with Gasteiger partial charge in [0, 0.05) is 58.1 Å². The van der Waals surface area contributed by atoms with E-state index in [4.69, 9.17) is 4.74 Å². The van der Waals surface area contributed by atoms with Crippen LogP contribution in [0.1, 0.15) is 61.9 Å². The van der Waals surface area contributed by atoms with Crippen LogP contribution in [-0.4, -0.2) is 69.1 Å². The molecule has 2 aliphatic heterocycles. The van der Waals surface area contributed by atoms with E-state index >= 15 is 0 Å². The molecule has 0 aromatic heterocycles. The maximum absolute atomic E-state index is 13.4. The van der Waals surface area contributed by atoms with Gasteiger partial charge in [-0.2, -0.15) is 0 Å².